The van der Waals surface area contributed by atoms with E-state index in [4.69, 9.17) is 16.3 Å². The Kier molecular flexibility index (Phi) is 4.55. The van der Waals surface area contributed by atoms with Crippen LogP contribution in [-0.2, 0) is 13.2 Å². The fourth-order valence-electron chi connectivity index (χ4n) is 1.71. The summed E-state index contributed by atoms with van der Waals surface area (Å²) in [4.78, 5) is 13.9. The average Bonchev–Trinajstić information content (AvgIpc) is 2.81. The lowest BCUT2D eigenvalue weighted by Gasteiger charge is -2.11. The van der Waals surface area contributed by atoms with Crippen LogP contribution in [0.3, 0.4) is 0 Å². The molecular formula is C12H9ClF3N3O3. The molecule has 22 heavy (non-hydrogen) atoms. The van der Waals surface area contributed by atoms with Crippen molar-refractivity contribution in [3.8, 4) is 5.75 Å². The van der Waals surface area contributed by atoms with Crippen LogP contribution in [0.5, 0.6) is 5.75 Å². The quantitative estimate of drug-likeness (QED) is 0.618. The van der Waals surface area contributed by atoms with E-state index < -0.39 is 17.6 Å². The van der Waals surface area contributed by atoms with Gasteiger partial charge in [0.15, 0.2) is 5.75 Å². The summed E-state index contributed by atoms with van der Waals surface area (Å²) in [6, 6.07) is 3.69. The van der Waals surface area contributed by atoms with E-state index in [1.165, 1.54) is 18.3 Å². The Morgan fingerprint density at radius 3 is 2.77 bits per heavy atom. The molecule has 0 saturated carbocycles. The predicted octanol–water partition coefficient (Wildman–Crippen LogP) is 3.59. The molecule has 0 spiro atoms. The van der Waals surface area contributed by atoms with Crippen LogP contribution in [0.4, 0.5) is 18.9 Å². The van der Waals surface area contributed by atoms with Gasteiger partial charge in [-0.15, -0.1) is 0 Å². The van der Waals surface area contributed by atoms with Gasteiger partial charge in [0.2, 0.25) is 0 Å². The zero-order valence-electron chi connectivity index (χ0n) is 10.9. The zero-order valence-corrected chi connectivity index (χ0v) is 11.6. The molecule has 1 aromatic carbocycles. The molecule has 0 N–H and O–H groups in total. The van der Waals surface area contributed by atoms with Crippen LogP contribution in [0.2, 0.25) is 5.02 Å². The highest BCUT2D eigenvalue weighted by Gasteiger charge is 2.29. The lowest BCUT2D eigenvalue weighted by molar-refractivity contribution is -0.386. The summed E-state index contributed by atoms with van der Waals surface area (Å²) < 4.78 is 43.2. The van der Waals surface area contributed by atoms with Crippen molar-refractivity contribution in [1.82, 2.24) is 9.55 Å². The maximum Gasteiger partial charge on any atom is 0.406 e. The fraction of sp³-hybridized carbons (Fsp3) is 0.250. The molecule has 0 aliphatic carbocycles. The number of nitrogens with zero attached hydrogens (tertiary/aromatic N) is 3. The van der Waals surface area contributed by atoms with E-state index in [0.29, 0.717) is 0 Å². The number of aromatic nitrogens is 2. The monoisotopic (exact) mass is 335 g/mol. The number of ether oxygens (including phenoxy) is 1. The number of alkyl halides is 3. The Labute approximate surface area is 127 Å². The molecule has 0 bridgehead atoms. The van der Waals surface area contributed by atoms with Crippen LogP contribution in [0.1, 0.15) is 5.82 Å². The number of nitro groups is 1. The molecule has 1 aromatic heterocycles. The predicted molar refractivity (Wildman–Crippen MR) is 70.7 cm³/mol. The molecule has 0 unspecified atom stereocenters. The van der Waals surface area contributed by atoms with Gasteiger partial charge in [-0.3, -0.25) is 10.1 Å². The average molecular weight is 336 g/mol. The molecule has 0 aliphatic rings. The van der Waals surface area contributed by atoms with Crippen molar-refractivity contribution in [2.24, 2.45) is 0 Å². The summed E-state index contributed by atoms with van der Waals surface area (Å²) in [6.07, 6.45) is -2.06. The Balaban J connectivity index is 2.16. The van der Waals surface area contributed by atoms with E-state index >= 15 is 0 Å². The van der Waals surface area contributed by atoms with Crippen LogP contribution in [0.25, 0.3) is 0 Å². The normalized spacial score (nSPS) is 11.5. The Morgan fingerprint density at radius 1 is 1.41 bits per heavy atom. The molecule has 0 radical (unpaired) electrons. The van der Waals surface area contributed by atoms with Crippen LogP contribution in [-0.4, -0.2) is 20.7 Å². The van der Waals surface area contributed by atoms with Crippen molar-refractivity contribution < 1.29 is 22.8 Å². The third-order valence-corrected chi connectivity index (χ3v) is 2.86. The van der Waals surface area contributed by atoms with Crippen LogP contribution in [0.15, 0.2) is 30.6 Å². The summed E-state index contributed by atoms with van der Waals surface area (Å²) in [5, 5.41) is 11.1. The second-order valence-electron chi connectivity index (χ2n) is 4.24. The third kappa shape index (κ3) is 4.10. The first-order valence-corrected chi connectivity index (χ1v) is 6.27. The number of imidazole rings is 1. The van der Waals surface area contributed by atoms with Gasteiger partial charge in [0.25, 0.3) is 0 Å². The van der Waals surface area contributed by atoms with Gasteiger partial charge in [0.05, 0.1) is 4.92 Å². The largest absolute Gasteiger partial charge is 0.479 e. The number of hydrogen-bond acceptors (Lipinski definition) is 4. The van der Waals surface area contributed by atoms with Gasteiger partial charge in [-0.25, -0.2) is 4.98 Å². The van der Waals surface area contributed by atoms with Crippen LogP contribution < -0.4 is 4.74 Å². The molecule has 1 heterocycles. The van der Waals surface area contributed by atoms with E-state index in [1.807, 2.05) is 0 Å². The van der Waals surface area contributed by atoms with Crippen molar-refractivity contribution in [2.45, 2.75) is 19.3 Å². The fourth-order valence-corrected chi connectivity index (χ4v) is 1.88. The topological polar surface area (TPSA) is 70.2 Å². The molecule has 0 aliphatic heterocycles. The van der Waals surface area contributed by atoms with Gasteiger partial charge >= 0.3 is 11.9 Å². The van der Waals surface area contributed by atoms with Crippen molar-refractivity contribution in [3.05, 3.63) is 51.6 Å². The molecule has 0 amide bonds. The Bertz CT molecular complexity index is 688. The van der Waals surface area contributed by atoms with Crippen molar-refractivity contribution in [2.75, 3.05) is 0 Å². The summed E-state index contributed by atoms with van der Waals surface area (Å²) in [7, 11) is 0. The highest BCUT2D eigenvalue weighted by atomic mass is 35.5. The maximum atomic E-state index is 12.4. The lowest BCUT2D eigenvalue weighted by atomic mass is 10.3. The van der Waals surface area contributed by atoms with E-state index in [2.05, 4.69) is 4.98 Å². The Morgan fingerprint density at radius 2 is 2.14 bits per heavy atom. The summed E-state index contributed by atoms with van der Waals surface area (Å²) >= 11 is 5.73. The summed E-state index contributed by atoms with van der Waals surface area (Å²) in [5.74, 6) is -0.148. The van der Waals surface area contributed by atoms with Gasteiger partial charge < -0.3 is 9.30 Å². The van der Waals surface area contributed by atoms with Gasteiger partial charge in [0, 0.05) is 29.5 Å². The van der Waals surface area contributed by atoms with E-state index in [1.54, 1.807) is 0 Å². The minimum atomic E-state index is -4.41. The van der Waals surface area contributed by atoms with E-state index in [-0.39, 0.29) is 28.9 Å². The first kappa shape index (κ1) is 16.1. The van der Waals surface area contributed by atoms with Crippen LogP contribution >= 0.6 is 11.6 Å². The molecule has 10 heteroatoms. The first-order valence-electron chi connectivity index (χ1n) is 5.90. The molecular weight excluding hydrogens is 327 g/mol. The van der Waals surface area contributed by atoms with Crippen molar-refractivity contribution in [1.29, 1.82) is 0 Å². The Hall–Kier alpha value is -2.29. The minimum Gasteiger partial charge on any atom is -0.479 e. The van der Waals surface area contributed by atoms with Crippen molar-refractivity contribution in [3.63, 3.8) is 0 Å². The molecule has 2 rings (SSSR count). The molecule has 118 valence electrons. The van der Waals surface area contributed by atoms with Gasteiger partial charge in [-0.2, -0.15) is 13.2 Å². The summed E-state index contributed by atoms with van der Waals surface area (Å²) in [6.45, 7) is -1.58. The maximum absolute atomic E-state index is 12.4. The summed E-state index contributed by atoms with van der Waals surface area (Å²) in [5.41, 5.74) is -0.335. The first-order chi connectivity index (χ1) is 10.3. The van der Waals surface area contributed by atoms with E-state index in [9.17, 15) is 23.3 Å². The number of benzene rings is 1. The number of nitro benzene ring substituents is 1. The molecule has 0 fully saturated rings. The number of hydrogen-bond donors (Lipinski definition) is 0. The highest BCUT2D eigenvalue weighted by molar-refractivity contribution is 6.30. The zero-order chi connectivity index (χ0) is 16.3. The van der Waals surface area contributed by atoms with Gasteiger partial charge in [0.1, 0.15) is 19.0 Å². The van der Waals surface area contributed by atoms with Crippen LogP contribution in [0, 0.1) is 10.1 Å². The molecule has 6 nitrogen and oxygen atoms in total. The van der Waals surface area contributed by atoms with E-state index in [0.717, 1.165) is 16.8 Å². The third-order valence-electron chi connectivity index (χ3n) is 2.63. The van der Waals surface area contributed by atoms with Crippen molar-refractivity contribution >= 4 is 17.3 Å². The second-order valence-corrected chi connectivity index (χ2v) is 4.68. The molecule has 2 aromatic rings. The minimum absolute atomic E-state index is 0.00778. The lowest BCUT2D eigenvalue weighted by Crippen LogP contribution is -2.19. The smallest absolute Gasteiger partial charge is 0.406 e. The van der Waals surface area contributed by atoms with Gasteiger partial charge in [-0.1, -0.05) is 11.6 Å². The molecule has 0 saturated heterocycles. The number of rotatable bonds is 5. The SMILES string of the molecule is O=[N+]([O-])c1ccc(Cl)cc1OCc1nccn1CC(F)(F)F. The second kappa shape index (κ2) is 6.22. The standard InChI is InChI=1S/C12H9ClF3N3O3/c13-8-1-2-9(19(20)21)10(5-8)22-6-11-17-3-4-18(11)7-12(14,15)16/h1-5H,6-7H2. The molecule has 0 atom stereocenters. The highest BCUT2D eigenvalue weighted by Crippen LogP contribution is 2.30. The van der Waals surface area contributed by atoms with Gasteiger partial charge in [-0.05, 0) is 6.07 Å². The number of halogens is 4.